The van der Waals surface area contributed by atoms with E-state index in [2.05, 4.69) is 33.3 Å². The monoisotopic (exact) mass is 460 g/mol. The van der Waals surface area contributed by atoms with Gasteiger partial charge < -0.3 is 15.2 Å². The van der Waals surface area contributed by atoms with Crippen LogP contribution in [0.3, 0.4) is 0 Å². The maximum Gasteiger partial charge on any atom is 0.253 e. The highest BCUT2D eigenvalue weighted by Gasteiger charge is 2.26. The zero-order chi connectivity index (χ0) is 23.5. The zero-order valence-electron chi connectivity index (χ0n) is 19.7. The number of carbonyl (C=O) groups excluding carboxylic acids is 2. The summed E-state index contributed by atoms with van der Waals surface area (Å²) in [5.41, 5.74) is 4.64. The molecule has 0 saturated carbocycles. The number of rotatable bonds is 8. The van der Waals surface area contributed by atoms with Crippen LogP contribution in [0, 0.1) is 0 Å². The number of aryl methyl sites for hydroxylation is 1. The Bertz CT molecular complexity index is 1190. The molecule has 0 radical (unpaired) electrons. The number of likely N-dealkylation sites (tertiary alicyclic amines) is 1. The van der Waals surface area contributed by atoms with Crippen molar-refractivity contribution >= 4 is 22.8 Å². The molecule has 0 bridgehead atoms. The number of hydrogen-bond donors (Lipinski definition) is 2. The SMILES string of the molecule is CN(Cc1nc2c(C(=O)NCCCN3CCCC3=O)cccc2[nH]1)C1CCCc2cccnc21. The van der Waals surface area contributed by atoms with Crippen LogP contribution < -0.4 is 5.32 Å². The maximum atomic E-state index is 12.9. The zero-order valence-corrected chi connectivity index (χ0v) is 19.7. The van der Waals surface area contributed by atoms with E-state index in [1.54, 1.807) is 0 Å². The molecule has 2 N–H and O–H groups in total. The van der Waals surface area contributed by atoms with Crippen LogP contribution in [0.4, 0.5) is 0 Å². The molecule has 178 valence electrons. The normalized spacial score (nSPS) is 18.0. The predicted molar refractivity (Wildman–Crippen MR) is 130 cm³/mol. The van der Waals surface area contributed by atoms with E-state index in [9.17, 15) is 9.59 Å². The van der Waals surface area contributed by atoms with Gasteiger partial charge in [0.25, 0.3) is 5.91 Å². The van der Waals surface area contributed by atoms with Crippen molar-refractivity contribution in [3.05, 3.63) is 59.2 Å². The molecule has 1 aliphatic heterocycles. The highest BCUT2D eigenvalue weighted by molar-refractivity contribution is 6.04. The van der Waals surface area contributed by atoms with E-state index < -0.39 is 0 Å². The number of nitrogens with one attached hydrogen (secondary N) is 2. The average molecular weight is 461 g/mol. The standard InChI is InChI=1S/C26H32N6O2/c1-31(21-11-2-7-18-8-4-13-27-24(18)21)17-22-29-20-10-3-9-19(25(20)30-22)26(34)28-14-6-16-32-15-5-12-23(32)33/h3-4,8-10,13,21H,2,5-7,11-12,14-17H2,1H3,(H,28,34)(H,29,30). The van der Waals surface area contributed by atoms with Crippen molar-refractivity contribution in [1.82, 2.24) is 30.1 Å². The molecule has 2 aliphatic rings. The highest BCUT2D eigenvalue weighted by Crippen LogP contribution is 2.32. The van der Waals surface area contributed by atoms with E-state index >= 15 is 0 Å². The molecular formula is C26H32N6O2. The van der Waals surface area contributed by atoms with Crippen molar-refractivity contribution in [2.75, 3.05) is 26.7 Å². The first-order chi connectivity index (χ1) is 16.6. The van der Waals surface area contributed by atoms with E-state index in [1.165, 1.54) is 11.3 Å². The Balaban J connectivity index is 1.23. The fourth-order valence-electron chi connectivity index (χ4n) is 5.21. The molecule has 3 heterocycles. The second kappa shape index (κ2) is 9.93. The number of aromatic amines is 1. The molecule has 5 rings (SSSR count). The van der Waals surface area contributed by atoms with Crippen LogP contribution in [0.25, 0.3) is 11.0 Å². The number of benzene rings is 1. The van der Waals surface area contributed by atoms with Crippen LogP contribution in [0.5, 0.6) is 0 Å². The first kappa shape index (κ1) is 22.5. The smallest absolute Gasteiger partial charge is 0.253 e. The highest BCUT2D eigenvalue weighted by atomic mass is 16.2. The van der Waals surface area contributed by atoms with Crippen molar-refractivity contribution in [1.29, 1.82) is 0 Å². The molecule has 0 spiro atoms. The van der Waals surface area contributed by atoms with Crippen molar-refractivity contribution < 1.29 is 9.59 Å². The Morgan fingerprint density at radius 3 is 3.00 bits per heavy atom. The minimum absolute atomic E-state index is 0.129. The Hall–Kier alpha value is -3.26. The molecule has 1 saturated heterocycles. The van der Waals surface area contributed by atoms with Crippen LogP contribution >= 0.6 is 0 Å². The maximum absolute atomic E-state index is 12.9. The molecule has 34 heavy (non-hydrogen) atoms. The van der Waals surface area contributed by atoms with Gasteiger partial charge in [-0.2, -0.15) is 0 Å². The Morgan fingerprint density at radius 1 is 1.24 bits per heavy atom. The summed E-state index contributed by atoms with van der Waals surface area (Å²) in [6.07, 6.45) is 7.54. The predicted octanol–water partition coefficient (Wildman–Crippen LogP) is 3.21. The van der Waals surface area contributed by atoms with Gasteiger partial charge in [-0.3, -0.25) is 19.5 Å². The molecule has 1 aromatic carbocycles. The van der Waals surface area contributed by atoms with Gasteiger partial charge in [-0.1, -0.05) is 12.1 Å². The van der Waals surface area contributed by atoms with Crippen molar-refractivity contribution in [2.45, 2.75) is 51.1 Å². The molecule has 1 aliphatic carbocycles. The third kappa shape index (κ3) is 4.68. The number of hydrogen-bond acceptors (Lipinski definition) is 5. The van der Waals surface area contributed by atoms with Gasteiger partial charge in [0, 0.05) is 32.3 Å². The topological polar surface area (TPSA) is 94.2 Å². The van der Waals surface area contributed by atoms with Gasteiger partial charge in [0.2, 0.25) is 5.91 Å². The summed E-state index contributed by atoms with van der Waals surface area (Å²) in [7, 11) is 2.11. The number of pyridine rings is 1. The summed E-state index contributed by atoms with van der Waals surface area (Å²) in [4.78, 5) is 41.6. The summed E-state index contributed by atoms with van der Waals surface area (Å²) < 4.78 is 0. The van der Waals surface area contributed by atoms with Crippen LogP contribution in [-0.2, 0) is 17.8 Å². The van der Waals surface area contributed by atoms with Crippen LogP contribution in [0.1, 0.15) is 65.6 Å². The summed E-state index contributed by atoms with van der Waals surface area (Å²) in [6.45, 7) is 2.72. The second-order valence-corrected chi connectivity index (χ2v) is 9.35. The van der Waals surface area contributed by atoms with Crippen molar-refractivity contribution in [3.8, 4) is 0 Å². The van der Waals surface area contributed by atoms with Crippen molar-refractivity contribution in [3.63, 3.8) is 0 Å². The summed E-state index contributed by atoms with van der Waals surface area (Å²) in [5.74, 6) is 0.932. The number of amides is 2. The van der Waals surface area contributed by atoms with Gasteiger partial charge >= 0.3 is 0 Å². The average Bonchev–Trinajstić information content (AvgIpc) is 3.46. The molecule has 1 atom stereocenters. The lowest BCUT2D eigenvalue weighted by Gasteiger charge is -2.31. The van der Waals surface area contributed by atoms with Gasteiger partial charge in [-0.25, -0.2) is 4.98 Å². The van der Waals surface area contributed by atoms with E-state index in [-0.39, 0.29) is 17.9 Å². The lowest BCUT2D eigenvalue weighted by atomic mass is 9.91. The quantitative estimate of drug-likeness (QED) is 0.504. The number of imidazole rings is 1. The summed E-state index contributed by atoms with van der Waals surface area (Å²) in [5, 5.41) is 2.99. The second-order valence-electron chi connectivity index (χ2n) is 9.35. The van der Waals surface area contributed by atoms with Gasteiger partial charge in [-0.05, 0) is 62.9 Å². The van der Waals surface area contributed by atoms with Gasteiger partial charge in [-0.15, -0.1) is 0 Å². The van der Waals surface area contributed by atoms with Crippen LogP contribution in [0.2, 0.25) is 0 Å². The van der Waals surface area contributed by atoms with Gasteiger partial charge in [0.05, 0.1) is 29.4 Å². The molecule has 1 unspecified atom stereocenters. The Morgan fingerprint density at radius 2 is 2.15 bits per heavy atom. The van der Waals surface area contributed by atoms with Crippen LogP contribution in [0.15, 0.2) is 36.5 Å². The molecule has 1 fully saturated rings. The molecule has 2 aromatic heterocycles. The summed E-state index contributed by atoms with van der Waals surface area (Å²) >= 11 is 0. The van der Waals surface area contributed by atoms with Crippen molar-refractivity contribution in [2.24, 2.45) is 0 Å². The number of H-pyrrole nitrogens is 1. The molecule has 8 heteroatoms. The molecule has 8 nitrogen and oxygen atoms in total. The van der Waals surface area contributed by atoms with E-state index in [0.29, 0.717) is 37.1 Å². The Kier molecular flexibility index (Phi) is 6.58. The summed E-state index contributed by atoms with van der Waals surface area (Å²) in [6, 6.07) is 10.1. The van der Waals surface area contributed by atoms with Crippen LogP contribution in [-0.4, -0.2) is 63.2 Å². The first-order valence-electron chi connectivity index (χ1n) is 12.3. The number of nitrogens with zero attached hydrogens (tertiary/aromatic N) is 4. The fourth-order valence-corrected chi connectivity index (χ4v) is 5.21. The third-order valence-electron chi connectivity index (χ3n) is 6.96. The van der Waals surface area contributed by atoms with E-state index in [4.69, 9.17) is 4.98 Å². The first-order valence-corrected chi connectivity index (χ1v) is 12.3. The Labute approximate surface area is 199 Å². The van der Waals surface area contributed by atoms with Gasteiger partial charge in [0.15, 0.2) is 0 Å². The molecular weight excluding hydrogens is 428 g/mol. The number of carbonyl (C=O) groups is 2. The number of para-hydroxylation sites is 1. The minimum atomic E-state index is -0.129. The number of fused-ring (bicyclic) bond motifs is 2. The molecule has 3 aromatic rings. The fraction of sp³-hybridized carbons (Fsp3) is 0.462. The largest absolute Gasteiger partial charge is 0.352 e. The molecule has 2 amide bonds. The van der Waals surface area contributed by atoms with Gasteiger partial charge in [0.1, 0.15) is 11.3 Å². The minimum Gasteiger partial charge on any atom is -0.352 e. The van der Waals surface area contributed by atoms with E-state index in [1.807, 2.05) is 35.4 Å². The number of aromatic nitrogens is 3. The third-order valence-corrected chi connectivity index (χ3v) is 6.96. The lowest BCUT2D eigenvalue weighted by molar-refractivity contribution is -0.127. The lowest BCUT2D eigenvalue weighted by Crippen LogP contribution is -2.30. The van der Waals surface area contributed by atoms with E-state index in [0.717, 1.165) is 50.0 Å².